The number of aryl methyl sites for hydroxylation is 1. The van der Waals surface area contributed by atoms with Crippen molar-refractivity contribution in [3.05, 3.63) is 118 Å². The summed E-state index contributed by atoms with van der Waals surface area (Å²) in [7, 11) is 5.14. The van der Waals surface area contributed by atoms with Crippen LogP contribution in [0.25, 0.3) is 10.9 Å². The summed E-state index contributed by atoms with van der Waals surface area (Å²) in [4.78, 5) is 53.8. The van der Waals surface area contributed by atoms with Gasteiger partial charge in [-0.05, 0) is 86.9 Å². The van der Waals surface area contributed by atoms with Crippen molar-refractivity contribution in [2.45, 2.75) is 94.4 Å². The number of benzene rings is 3. The van der Waals surface area contributed by atoms with Gasteiger partial charge in [0, 0.05) is 96.5 Å². The number of para-hydroxylation sites is 1. The number of anilines is 1. The Balaban J connectivity index is 1.23. The molecule has 3 aromatic carbocycles. The van der Waals surface area contributed by atoms with Gasteiger partial charge in [-0.15, -0.1) is 0 Å². The van der Waals surface area contributed by atoms with Crippen molar-refractivity contribution in [3.63, 3.8) is 0 Å². The zero-order chi connectivity index (χ0) is 45.6. The van der Waals surface area contributed by atoms with Crippen molar-refractivity contribution in [3.8, 4) is 5.75 Å². The average molecular weight is 882 g/mol. The molecule has 1 aromatic heterocycles. The van der Waals surface area contributed by atoms with Crippen LogP contribution >= 0.6 is 0 Å². The topological polar surface area (TPSA) is 137 Å². The largest absolute Gasteiger partial charge is 0.496 e. The molecule has 1 saturated carbocycles. The standard InChI is InChI=1S/C53H63N5O7/c1-8-34-25-35-28-52(49(61)64-7,44-38(19-23-57(29-34)30-35)37-13-10-11-14-41(37)55-44)40-26-39-42(27-43(40)63-6)56(5)47-51(39)21-24-58-22-12-20-50(9-2,46(51)58)48(65-33(4)59)53(47,62)31-54-45(60)36-17-15-32(3)16-18-36/h10-18,20,25-27,35,46-48,55,62H,8-9,19,21-24,28-31H2,1-7H3,(H,54,60)/t35-,46?,47+,48+,50+,51+,52-,53-/m0/s1. The summed E-state index contributed by atoms with van der Waals surface area (Å²) in [6.45, 7) is 11.5. The minimum absolute atomic E-state index is 0.0290. The summed E-state index contributed by atoms with van der Waals surface area (Å²) in [6, 6.07) is 19.1. The summed E-state index contributed by atoms with van der Waals surface area (Å²) in [6.07, 6.45) is 9.05. The Morgan fingerprint density at radius 2 is 1.78 bits per heavy atom. The number of amides is 1. The first-order valence-corrected chi connectivity index (χ1v) is 23.5. The molecular weight excluding hydrogens is 819 g/mol. The maximum Gasteiger partial charge on any atom is 0.322 e. The van der Waals surface area contributed by atoms with Crippen LogP contribution in [-0.4, -0.2) is 122 Å². The Labute approximate surface area is 382 Å². The van der Waals surface area contributed by atoms with Gasteiger partial charge >= 0.3 is 11.9 Å². The molecule has 2 bridgehead atoms. The fourth-order valence-electron chi connectivity index (χ4n) is 14.0. The molecule has 9 atom stereocenters. The quantitative estimate of drug-likeness (QED) is 0.129. The molecule has 3 N–H and O–H groups in total. The van der Waals surface area contributed by atoms with Crippen molar-refractivity contribution >= 4 is 34.4 Å². The lowest BCUT2D eigenvalue weighted by Crippen LogP contribution is -2.81. The summed E-state index contributed by atoms with van der Waals surface area (Å²) < 4.78 is 19.0. The Bertz CT molecular complexity index is 2640. The number of carbonyl (C=O) groups is 3. The van der Waals surface area contributed by atoms with Crippen LogP contribution in [0.2, 0.25) is 0 Å². The van der Waals surface area contributed by atoms with Crippen molar-refractivity contribution in [2.24, 2.45) is 11.3 Å². The van der Waals surface area contributed by atoms with Gasteiger partial charge in [0.2, 0.25) is 0 Å². The Morgan fingerprint density at radius 3 is 2.51 bits per heavy atom. The SMILES string of the molecule is CCC1=C[C@@H]2CN(CCc3c([nH]c4ccccc34)[C@@](C(=O)OC)(c3cc4c(cc3OC)N(C)[C@H]3[C@@](O)(CNC(=O)c5ccc(C)cc5)[C@H](OC(C)=O)[C@]5(CC)C=CCN6CC[C@]43C65)C2)C1. The van der Waals surface area contributed by atoms with Gasteiger partial charge in [0.15, 0.2) is 0 Å². The molecule has 2 fully saturated rings. The molecule has 12 heteroatoms. The van der Waals surface area contributed by atoms with Gasteiger partial charge in [0.05, 0.1) is 26.8 Å². The predicted molar refractivity (Wildman–Crippen MR) is 250 cm³/mol. The van der Waals surface area contributed by atoms with Crippen LogP contribution in [0.3, 0.4) is 0 Å². The molecule has 6 heterocycles. The first-order chi connectivity index (χ1) is 31.3. The number of nitrogens with zero attached hydrogens (tertiary/aromatic N) is 3. The van der Waals surface area contributed by atoms with Crippen LogP contribution in [0.4, 0.5) is 5.69 Å². The van der Waals surface area contributed by atoms with Crippen LogP contribution in [-0.2, 0) is 36.3 Å². The van der Waals surface area contributed by atoms with Crippen molar-refractivity contribution in [2.75, 3.05) is 65.4 Å². The molecule has 10 rings (SSSR count). The minimum Gasteiger partial charge on any atom is -0.496 e. The molecule has 1 saturated heterocycles. The van der Waals surface area contributed by atoms with E-state index >= 15 is 4.79 Å². The average Bonchev–Trinajstić information content (AvgIpc) is 3.97. The molecule has 342 valence electrons. The van der Waals surface area contributed by atoms with Gasteiger partial charge in [-0.1, -0.05) is 73.5 Å². The third-order valence-electron chi connectivity index (χ3n) is 16.5. The zero-order valence-electron chi connectivity index (χ0n) is 38.8. The summed E-state index contributed by atoms with van der Waals surface area (Å²) in [5.74, 6) is -0.617. The Hall–Kier alpha value is -5.43. The summed E-state index contributed by atoms with van der Waals surface area (Å²) >= 11 is 0. The van der Waals surface area contributed by atoms with Crippen LogP contribution < -0.4 is 15.0 Å². The molecule has 65 heavy (non-hydrogen) atoms. The number of hydrogen-bond acceptors (Lipinski definition) is 10. The van der Waals surface area contributed by atoms with Crippen molar-refractivity contribution in [1.29, 1.82) is 0 Å². The molecule has 1 amide bonds. The monoisotopic (exact) mass is 881 g/mol. The number of aromatic amines is 1. The highest BCUT2D eigenvalue weighted by Gasteiger charge is 2.78. The number of carbonyl (C=O) groups excluding carboxylic acids is 3. The normalized spacial score (nSPS) is 32.2. The van der Waals surface area contributed by atoms with Gasteiger partial charge in [-0.25, -0.2) is 0 Å². The lowest BCUT2D eigenvalue weighted by Gasteiger charge is -2.64. The van der Waals surface area contributed by atoms with Crippen molar-refractivity contribution < 1.29 is 33.7 Å². The first-order valence-electron chi connectivity index (χ1n) is 23.5. The summed E-state index contributed by atoms with van der Waals surface area (Å²) in [5.41, 5.74) is 3.60. The molecule has 0 radical (unpaired) electrons. The van der Waals surface area contributed by atoms with E-state index in [1.165, 1.54) is 19.6 Å². The van der Waals surface area contributed by atoms with E-state index in [2.05, 4.69) is 87.4 Å². The van der Waals surface area contributed by atoms with E-state index in [4.69, 9.17) is 14.2 Å². The maximum absolute atomic E-state index is 15.5. The summed E-state index contributed by atoms with van der Waals surface area (Å²) in [5, 5.41) is 18.2. The van der Waals surface area contributed by atoms with E-state index in [-0.39, 0.29) is 30.4 Å². The predicted octanol–water partition coefficient (Wildman–Crippen LogP) is 6.36. The highest BCUT2D eigenvalue weighted by Crippen LogP contribution is 2.68. The number of fused-ring (bicyclic) bond motifs is 6. The lowest BCUT2D eigenvalue weighted by atomic mass is 9.47. The number of nitrogens with one attached hydrogen (secondary N) is 2. The molecule has 6 aliphatic rings. The number of aromatic nitrogens is 1. The molecular formula is C53H63N5O7. The minimum atomic E-state index is -1.80. The van der Waals surface area contributed by atoms with Crippen LogP contribution in [0.15, 0.2) is 84.5 Å². The number of esters is 2. The second-order valence-electron chi connectivity index (χ2n) is 19.7. The van der Waals surface area contributed by atoms with Gasteiger partial charge in [-0.2, -0.15) is 0 Å². The number of methoxy groups -OCH3 is 2. The van der Waals surface area contributed by atoms with Crippen molar-refractivity contribution in [1.82, 2.24) is 20.1 Å². The van der Waals surface area contributed by atoms with Crippen LogP contribution in [0.1, 0.15) is 84.8 Å². The van der Waals surface area contributed by atoms with Gasteiger partial charge in [0.1, 0.15) is 22.9 Å². The van der Waals surface area contributed by atoms with Gasteiger partial charge in [0.25, 0.3) is 5.91 Å². The third kappa shape index (κ3) is 6.22. The van der Waals surface area contributed by atoms with Gasteiger partial charge in [-0.3, -0.25) is 24.2 Å². The van der Waals surface area contributed by atoms with E-state index in [1.807, 2.05) is 32.2 Å². The molecule has 5 aliphatic heterocycles. The van der Waals surface area contributed by atoms with Crippen LogP contribution in [0, 0.1) is 18.3 Å². The number of H-pyrrole nitrogens is 1. The Kier molecular flexibility index (Phi) is 10.6. The van der Waals surface area contributed by atoms with E-state index < -0.39 is 40.0 Å². The van der Waals surface area contributed by atoms with E-state index in [9.17, 15) is 14.7 Å². The second-order valence-corrected chi connectivity index (χ2v) is 19.7. The zero-order valence-corrected chi connectivity index (χ0v) is 38.8. The molecule has 1 aliphatic carbocycles. The van der Waals surface area contributed by atoms with Gasteiger partial charge < -0.3 is 34.5 Å². The maximum atomic E-state index is 15.5. The number of likely N-dealkylation sites (N-methyl/N-ethyl adjacent to an activating group) is 1. The number of hydrogen-bond donors (Lipinski definition) is 3. The molecule has 12 nitrogen and oxygen atoms in total. The highest BCUT2D eigenvalue weighted by molar-refractivity contribution is 5.95. The lowest BCUT2D eigenvalue weighted by molar-refractivity contribution is -0.216. The molecule has 1 spiro atoms. The van der Waals surface area contributed by atoms with E-state index in [1.54, 1.807) is 19.2 Å². The second kappa shape index (κ2) is 15.9. The van der Waals surface area contributed by atoms with E-state index in [0.29, 0.717) is 37.1 Å². The Morgan fingerprint density at radius 1 is 1.00 bits per heavy atom. The number of ether oxygens (including phenoxy) is 3. The molecule has 4 aromatic rings. The van der Waals surface area contributed by atoms with E-state index in [0.717, 1.165) is 83.6 Å². The smallest absolute Gasteiger partial charge is 0.322 e. The number of rotatable bonds is 9. The molecule has 2 unspecified atom stereocenters. The highest BCUT2D eigenvalue weighted by atomic mass is 16.6. The van der Waals surface area contributed by atoms with Crippen LogP contribution in [0.5, 0.6) is 5.75 Å². The third-order valence-corrected chi connectivity index (χ3v) is 16.5. The fraction of sp³-hybridized carbons (Fsp3) is 0.491. The first kappa shape index (κ1) is 43.5. The number of aliphatic hydroxyl groups is 1. The fourth-order valence-corrected chi connectivity index (χ4v) is 14.0.